The lowest BCUT2D eigenvalue weighted by molar-refractivity contribution is -0.147. The SMILES string of the molecule is C[C@@]12CCCN1C(=O)[C@H](Cc1ccc(O)cc1)NC(=O)CN1C(=O)[C@H](N=C(c3ccccc3)c3ccccc31)NC(=O)[C@@H](Cc1c[nH]c3ccc(F)cc13)NC(=O)[C@H](Cc1c[nH]c3ccc(F)cc13)NC(=O)CNC(=O)[C@H](CCCCN)NC(=O)CCSCc1cccc(c1)CSC[C@@H](C(N)=O)NC2=O. The number of nitrogens with one attached hydrogen (secondary N) is 9. The third-order valence-electron chi connectivity index (χ3n) is 18.8. The Morgan fingerprint density at radius 1 is 0.638 bits per heavy atom. The zero-order chi connectivity index (χ0) is 74.3. The lowest BCUT2D eigenvalue weighted by Crippen LogP contribution is -2.62. The van der Waals surface area contributed by atoms with Gasteiger partial charge in [0.15, 0.2) is 0 Å². The summed E-state index contributed by atoms with van der Waals surface area (Å²) in [5.41, 5.74) is 15.3. The number of benzene rings is 6. The molecule has 8 aromatic rings. The summed E-state index contributed by atoms with van der Waals surface area (Å²) in [5.74, 6) is -7.94. The van der Waals surface area contributed by atoms with Gasteiger partial charge in [0, 0.05) is 101 Å². The molecule has 0 aliphatic carbocycles. The normalized spacial score (nSPS) is 22.0. The van der Waals surface area contributed by atoms with Crippen molar-refractivity contribution in [3.8, 4) is 5.75 Å². The molecular formula is C76H82F2N14O11S2. The minimum Gasteiger partial charge on any atom is -0.508 e. The van der Waals surface area contributed by atoms with E-state index in [1.807, 2.05) is 24.3 Å². The van der Waals surface area contributed by atoms with Crippen LogP contribution < -0.4 is 53.6 Å². The number of nitrogens with two attached hydrogens (primary N) is 2. The van der Waals surface area contributed by atoms with Gasteiger partial charge in [-0.2, -0.15) is 23.5 Å². The summed E-state index contributed by atoms with van der Waals surface area (Å²) < 4.78 is 30.1. The minimum absolute atomic E-state index is 0.0276. The number of thioether (sulfide) groups is 2. The van der Waals surface area contributed by atoms with Gasteiger partial charge in [-0.1, -0.05) is 84.9 Å². The molecule has 4 bridgehead atoms. The van der Waals surface area contributed by atoms with Crippen molar-refractivity contribution >= 4 is 116 Å². The van der Waals surface area contributed by atoms with Crippen LogP contribution in [0, 0.1) is 11.6 Å². The molecule has 5 heterocycles. The molecule has 6 aromatic carbocycles. The molecule has 1 saturated heterocycles. The van der Waals surface area contributed by atoms with E-state index in [0.29, 0.717) is 92.7 Å². The first kappa shape index (κ1) is 75.3. The molecule has 548 valence electrons. The number of aromatic hydroxyl groups is 1. The van der Waals surface area contributed by atoms with Crippen molar-refractivity contribution in [3.05, 3.63) is 202 Å². The lowest BCUT2D eigenvalue weighted by atomic mass is 9.95. The molecule has 0 spiro atoms. The number of amides is 10. The van der Waals surface area contributed by atoms with Crippen LogP contribution in [0.4, 0.5) is 14.5 Å². The molecule has 0 unspecified atom stereocenters. The first-order chi connectivity index (χ1) is 50.6. The Hall–Kier alpha value is -10.9. The summed E-state index contributed by atoms with van der Waals surface area (Å²) in [6.45, 7) is 0.438. The summed E-state index contributed by atoms with van der Waals surface area (Å²) in [6.07, 6.45) is 1.95. The van der Waals surface area contributed by atoms with Gasteiger partial charge < -0.3 is 68.7 Å². The summed E-state index contributed by atoms with van der Waals surface area (Å²) in [4.78, 5) is 160. The van der Waals surface area contributed by atoms with Gasteiger partial charge in [-0.3, -0.25) is 52.8 Å². The van der Waals surface area contributed by atoms with Crippen molar-refractivity contribution in [3.63, 3.8) is 0 Å². The standard InChI is InChI=1S/C76H82F2N14O11S2/c1-76-27-10-29-92(76)73(101)61(32-44-18-22-52(93)23-19-44)86-66(96)40-91-63-17-6-5-15-53(63)67(47-13-3-2-4-14-47)89-69(74(91)102)90-72(100)60(34-49-38-82-57-25-21-51(78)36-55(49)57)87-71(99)59(33-48-37-81-56-24-20-50(77)35-54(48)56)85-65(95)39-83-70(98)58(16-7-8-28-79)84-64(94)26-30-104-41-45-11-9-12-46(31-45)42-105-43-62(68(80)97)88-75(76)103/h2-6,9,11-15,17-25,31,35-38,58-62,69,81-82,93H,7-8,10,16,26-30,32-34,39-43,79H2,1H3,(H2,80,97)(H,83,98)(H,84,94)(H,85,95)(H,86,96)(H,87,99)(H,88,103)(H,90,100)/t58-,59-,60+,61-,62-,69+,76-/m0/s1. The molecule has 29 heteroatoms. The van der Waals surface area contributed by atoms with Crippen LogP contribution in [0.5, 0.6) is 5.75 Å². The van der Waals surface area contributed by atoms with Gasteiger partial charge in [-0.25, -0.2) is 13.8 Å². The van der Waals surface area contributed by atoms with Crippen molar-refractivity contribution in [1.29, 1.82) is 0 Å². The van der Waals surface area contributed by atoms with E-state index in [1.165, 1.54) is 89.3 Å². The van der Waals surface area contributed by atoms with Crippen molar-refractivity contribution in [2.75, 3.05) is 42.6 Å². The van der Waals surface area contributed by atoms with E-state index in [1.54, 1.807) is 73.7 Å². The second kappa shape index (κ2) is 34.6. The lowest BCUT2D eigenvalue weighted by Gasteiger charge is -2.37. The molecular weight excluding hydrogens is 1390 g/mol. The molecule has 105 heavy (non-hydrogen) atoms. The monoisotopic (exact) mass is 1470 g/mol. The number of carbonyl (C=O) groups is 10. The van der Waals surface area contributed by atoms with Crippen LogP contribution in [0.2, 0.25) is 0 Å². The number of unbranched alkanes of at least 4 members (excludes halogenated alkanes) is 1. The number of aliphatic imine (C=N–C) groups is 1. The largest absolute Gasteiger partial charge is 0.508 e. The smallest absolute Gasteiger partial charge is 0.272 e. The van der Waals surface area contributed by atoms with Crippen molar-refractivity contribution in [1.82, 2.24) is 52.1 Å². The Labute approximate surface area is 612 Å². The quantitative estimate of drug-likeness (QED) is 0.0709. The molecule has 0 saturated carbocycles. The Balaban J connectivity index is 0.957. The zero-order valence-corrected chi connectivity index (χ0v) is 59.2. The van der Waals surface area contributed by atoms with Gasteiger partial charge >= 0.3 is 0 Å². The minimum atomic E-state index is -1.90. The Kier molecular flexibility index (Phi) is 24.8. The van der Waals surface area contributed by atoms with E-state index in [2.05, 4.69) is 47.2 Å². The molecule has 25 nitrogen and oxygen atoms in total. The number of hydrogen-bond acceptors (Lipinski definition) is 15. The van der Waals surface area contributed by atoms with Crippen LogP contribution in [0.3, 0.4) is 0 Å². The summed E-state index contributed by atoms with van der Waals surface area (Å²) in [7, 11) is 0. The van der Waals surface area contributed by atoms with Gasteiger partial charge in [0.1, 0.15) is 59.7 Å². The maximum Gasteiger partial charge on any atom is 0.272 e. The highest BCUT2D eigenvalue weighted by Gasteiger charge is 2.49. The fraction of sp³-hybridized carbons (Fsp3) is 0.329. The number of carbonyl (C=O) groups excluding carboxylic acids is 10. The summed E-state index contributed by atoms with van der Waals surface area (Å²) >= 11 is 2.83. The topological polar surface area (TPSA) is 378 Å². The molecule has 14 N–H and O–H groups in total. The van der Waals surface area contributed by atoms with E-state index in [-0.39, 0.29) is 68.0 Å². The number of halogens is 2. The molecule has 11 rings (SSSR count). The number of phenols is 1. The number of fused-ring (bicyclic) bond motifs is 9. The van der Waals surface area contributed by atoms with Crippen LogP contribution in [0.15, 0.2) is 157 Å². The van der Waals surface area contributed by atoms with Gasteiger partial charge in [0.05, 0.1) is 17.9 Å². The number of nitrogens with zero attached hydrogens (tertiary/aromatic N) is 3. The van der Waals surface area contributed by atoms with Crippen LogP contribution >= 0.6 is 23.5 Å². The number of rotatable bonds is 12. The molecule has 10 amide bonds. The maximum atomic E-state index is 15.7. The number of aromatic nitrogens is 2. The van der Waals surface area contributed by atoms with Crippen LogP contribution in [-0.4, -0.2) is 164 Å². The van der Waals surface area contributed by atoms with Crippen molar-refractivity contribution in [2.45, 2.75) is 118 Å². The number of hydrogen-bond donors (Lipinski definition) is 12. The Bertz CT molecular complexity index is 4600. The van der Waals surface area contributed by atoms with E-state index >= 15 is 28.4 Å². The van der Waals surface area contributed by atoms with Crippen LogP contribution in [-0.2, 0) is 78.7 Å². The molecule has 1 fully saturated rings. The highest BCUT2D eigenvalue weighted by Crippen LogP contribution is 2.33. The van der Waals surface area contributed by atoms with Crippen molar-refractivity contribution < 1.29 is 61.8 Å². The first-order valence-corrected chi connectivity index (χ1v) is 36.9. The van der Waals surface area contributed by atoms with E-state index in [0.717, 1.165) is 16.0 Å². The molecule has 0 radical (unpaired) electrons. The molecule has 2 aromatic heterocycles. The highest BCUT2D eigenvalue weighted by atomic mass is 32.2. The maximum absolute atomic E-state index is 15.7. The van der Waals surface area contributed by atoms with Gasteiger partial charge in [-0.15, -0.1) is 0 Å². The highest BCUT2D eigenvalue weighted by molar-refractivity contribution is 7.98. The summed E-state index contributed by atoms with van der Waals surface area (Å²) in [6, 6.07) is 29.8. The number of aromatic amines is 2. The van der Waals surface area contributed by atoms with Crippen LogP contribution in [0.1, 0.15) is 84.4 Å². The fourth-order valence-electron chi connectivity index (χ4n) is 13.2. The Morgan fingerprint density at radius 3 is 1.94 bits per heavy atom. The number of H-pyrrole nitrogens is 2. The number of primary amides is 1. The predicted molar refractivity (Wildman–Crippen MR) is 396 cm³/mol. The average molecular weight is 1470 g/mol. The van der Waals surface area contributed by atoms with Gasteiger partial charge in [0.25, 0.3) is 5.91 Å². The third kappa shape index (κ3) is 18.9. The van der Waals surface area contributed by atoms with Gasteiger partial charge in [0.2, 0.25) is 59.3 Å². The Morgan fingerprint density at radius 2 is 1.27 bits per heavy atom. The molecule has 7 atom stereocenters. The average Bonchev–Trinajstić information content (AvgIpc) is 1.67. The number of phenolic OH excluding ortho intramolecular Hbond substituents is 1. The predicted octanol–water partition coefficient (Wildman–Crippen LogP) is 5.09. The number of anilines is 1. The molecule has 3 aliphatic rings. The van der Waals surface area contributed by atoms with E-state index < -0.39 is 126 Å². The van der Waals surface area contributed by atoms with Crippen molar-refractivity contribution in [2.24, 2.45) is 16.5 Å². The zero-order valence-electron chi connectivity index (χ0n) is 57.5. The van der Waals surface area contributed by atoms with E-state index in [9.17, 15) is 33.5 Å². The van der Waals surface area contributed by atoms with Crippen LogP contribution in [0.25, 0.3) is 21.8 Å². The summed E-state index contributed by atoms with van der Waals surface area (Å²) in [5, 5.41) is 30.2. The molecule has 3 aliphatic heterocycles. The van der Waals surface area contributed by atoms with Gasteiger partial charge in [-0.05, 0) is 128 Å². The third-order valence-corrected chi connectivity index (χ3v) is 20.9. The fourth-order valence-corrected chi connectivity index (χ4v) is 15.1. The second-order valence-corrected chi connectivity index (χ2v) is 28.5. The first-order valence-electron chi connectivity index (χ1n) is 34.6. The van der Waals surface area contributed by atoms with E-state index in [4.69, 9.17) is 16.5 Å². The number of para-hydroxylation sites is 1. The second-order valence-electron chi connectivity index (χ2n) is 26.3.